The van der Waals surface area contributed by atoms with Crippen LogP contribution in [-0.2, 0) is 0 Å². The van der Waals surface area contributed by atoms with Crippen LogP contribution >= 0.6 is 50.1 Å². The Labute approximate surface area is 73.7 Å². The Kier molecular flexibility index (Phi) is 9.63. The van der Waals surface area contributed by atoms with Crippen LogP contribution in [0.5, 0.6) is 0 Å². The average Bonchev–Trinajstić information content (AvgIpc) is 1.80. The van der Waals surface area contributed by atoms with Gasteiger partial charge in [-0.1, -0.05) is 13.8 Å². The summed E-state index contributed by atoms with van der Waals surface area (Å²) < 4.78 is 3.21. The van der Waals surface area contributed by atoms with Crippen molar-refractivity contribution in [3.8, 4) is 0 Å². The van der Waals surface area contributed by atoms with Gasteiger partial charge in [-0.15, -0.1) is 23.6 Å². The molecule has 2 unspecified atom stereocenters. The second-order valence-electron chi connectivity index (χ2n) is 1.56. The standard InChI is InChI=1S/C3H11NP2S3/c1-3(2)8-5-4-9-6-7/h3-7H,1-2H3. The average molecular weight is 219 g/mol. The number of thiol groups is 1. The zero-order valence-corrected chi connectivity index (χ0v) is 9.87. The van der Waals surface area contributed by atoms with Crippen molar-refractivity contribution in [1.82, 2.24) is 4.49 Å². The van der Waals surface area contributed by atoms with Crippen molar-refractivity contribution in [3.05, 3.63) is 0 Å². The van der Waals surface area contributed by atoms with E-state index in [1.165, 1.54) is 0 Å². The maximum absolute atomic E-state index is 4.07. The Morgan fingerprint density at radius 3 is 2.67 bits per heavy atom. The molecule has 0 aromatic heterocycles. The third-order valence-corrected chi connectivity index (χ3v) is 6.39. The fourth-order valence-corrected chi connectivity index (χ4v) is 5.25. The van der Waals surface area contributed by atoms with Gasteiger partial charge in [0.1, 0.15) is 0 Å². The predicted octanol–water partition coefficient (Wildman–Crippen LogP) is 3.31. The highest BCUT2D eigenvalue weighted by Gasteiger charge is 1.91. The van der Waals surface area contributed by atoms with Crippen molar-refractivity contribution in [2.24, 2.45) is 0 Å². The van der Waals surface area contributed by atoms with Gasteiger partial charge in [0.25, 0.3) is 0 Å². The largest absolute Gasteiger partial charge is 0.231 e. The molecule has 0 saturated carbocycles. The molecule has 0 aromatic carbocycles. The van der Waals surface area contributed by atoms with Crippen molar-refractivity contribution in [3.63, 3.8) is 0 Å². The summed E-state index contributed by atoms with van der Waals surface area (Å²) in [6.45, 7) is 5.06. The lowest BCUT2D eigenvalue weighted by atomic mass is 10.6. The third kappa shape index (κ3) is 9.87. The molecule has 2 atom stereocenters. The first-order valence-electron chi connectivity index (χ1n) is 2.48. The van der Waals surface area contributed by atoms with E-state index in [1.807, 2.05) is 11.4 Å². The highest BCUT2D eigenvalue weighted by atomic mass is 33.1. The molecule has 0 heterocycles. The van der Waals surface area contributed by atoms with Crippen molar-refractivity contribution in [1.29, 1.82) is 0 Å². The van der Waals surface area contributed by atoms with Gasteiger partial charge in [-0.2, -0.15) is 0 Å². The molecular weight excluding hydrogens is 208 g/mol. The lowest BCUT2D eigenvalue weighted by Crippen LogP contribution is -1.84. The summed E-state index contributed by atoms with van der Waals surface area (Å²) in [5.41, 5.74) is 0. The summed E-state index contributed by atoms with van der Waals surface area (Å²) in [5.74, 6) is 0. The second kappa shape index (κ2) is 7.97. The maximum Gasteiger partial charge on any atom is 0.0179 e. The number of hydrogen-bond donors (Lipinski definition) is 2. The van der Waals surface area contributed by atoms with Gasteiger partial charge in [0.2, 0.25) is 0 Å². The molecule has 6 heteroatoms. The third-order valence-electron chi connectivity index (χ3n) is 0.433. The fourth-order valence-electron chi connectivity index (χ4n) is 0.186. The van der Waals surface area contributed by atoms with Crippen LogP contribution in [0.1, 0.15) is 13.8 Å². The van der Waals surface area contributed by atoms with Crippen molar-refractivity contribution < 1.29 is 0 Å². The molecule has 0 fully saturated rings. The van der Waals surface area contributed by atoms with Gasteiger partial charge in [-0.05, 0) is 11.6 Å². The van der Waals surface area contributed by atoms with E-state index in [1.54, 1.807) is 11.6 Å². The van der Waals surface area contributed by atoms with Crippen molar-refractivity contribution in [2.45, 2.75) is 19.1 Å². The monoisotopic (exact) mass is 219 g/mol. The Morgan fingerprint density at radius 1 is 1.56 bits per heavy atom. The van der Waals surface area contributed by atoms with E-state index in [0.29, 0.717) is 6.98 Å². The van der Waals surface area contributed by atoms with Crippen LogP contribution < -0.4 is 4.49 Å². The molecule has 1 nitrogen and oxygen atoms in total. The second-order valence-corrected chi connectivity index (χ2v) is 8.27. The highest BCUT2D eigenvalue weighted by molar-refractivity contribution is 8.77. The summed E-state index contributed by atoms with van der Waals surface area (Å²) >= 11 is 7.69. The van der Waals surface area contributed by atoms with E-state index in [9.17, 15) is 0 Å². The van der Waals surface area contributed by atoms with Gasteiger partial charge in [-0.3, -0.25) is 0 Å². The molecular formula is C3H11NP2S3. The minimum atomic E-state index is 0.655. The molecule has 0 saturated heterocycles. The number of rotatable bonds is 5. The first-order valence-corrected chi connectivity index (χ1v) is 8.91. The van der Waals surface area contributed by atoms with E-state index in [2.05, 4.69) is 30.6 Å². The minimum Gasteiger partial charge on any atom is -0.231 e. The molecule has 56 valence electrons. The molecule has 0 spiro atoms. The Balaban J connectivity index is 2.75. The minimum absolute atomic E-state index is 0.655. The van der Waals surface area contributed by atoms with E-state index < -0.39 is 0 Å². The quantitative estimate of drug-likeness (QED) is 0.319. The summed E-state index contributed by atoms with van der Waals surface area (Å²) in [5, 5.41) is 0.736. The van der Waals surface area contributed by atoms with Crippen LogP contribution in [0.3, 0.4) is 0 Å². The Bertz CT molecular complexity index is 63.0. The molecule has 0 aliphatic rings. The van der Waals surface area contributed by atoms with E-state index in [0.717, 1.165) is 13.2 Å². The van der Waals surface area contributed by atoms with Crippen LogP contribution in [0, 0.1) is 0 Å². The van der Waals surface area contributed by atoms with Crippen LogP contribution in [-0.4, -0.2) is 5.25 Å². The van der Waals surface area contributed by atoms with Gasteiger partial charge in [0.05, 0.1) is 0 Å². The maximum atomic E-state index is 4.07. The SMILES string of the molecule is CC(C)SPNSPS. The molecule has 0 aliphatic carbocycles. The van der Waals surface area contributed by atoms with Crippen LogP contribution in [0.4, 0.5) is 0 Å². The zero-order valence-electron chi connectivity index (χ0n) is 5.34. The van der Waals surface area contributed by atoms with Crippen LogP contribution in [0.15, 0.2) is 0 Å². The van der Waals surface area contributed by atoms with E-state index >= 15 is 0 Å². The molecule has 0 amide bonds. The van der Waals surface area contributed by atoms with Gasteiger partial charge < -0.3 is 0 Å². The first-order chi connectivity index (χ1) is 4.27. The van der Waals surface area contributed by atoms with Crippen molar-refractivity contribution >= 4 is 50.1 Å². The normalized spacial score (nSPS) is 13.3. The smallest absolute Gasteiger partial charge is 0.0179 e. The summed E-state index contributed by atoms with van der Waals surface area (Å²) in [6, 6.07) is 0. The zero-order chi connectivity index (χ0) is 7.11. The Morgan fingerprint density at radius 2 is 2.22 bits per heavy atom. The molecule has 1 N–H and O–H groups in total. The summed E-state index contributed by atoms with van der Waals surface area (Å²) in [4.78, 5) is 0. The highest BCUT2D eigenvalue weighted by Crippen LogP contribution is 2.38. The molecule has 0 bridgehead atoms. The Hall–Kier alpha value is 1.87. The van der Waals surface area contributed by atoms with E-state index in [4.69, 9.17) is 0 Å². The lowest BCUT2D eigenvalue weighted by molar-refractivity contribution is 1.12. The van der Waals surface area contributed by atoms with Gasteiger partial charge in [0, 0.05) is 20.2 Å². The van der Waals surface area contributed by atoms with Gasteiger partial charge >= 0.3 is 0 Å². The lowest BCUT2D eigenvalue weighted by Gasteiger charge is -2.03. The van der Waals surface area contributed by atoms with Gasteiger partial charge in [-0.25, -0.2) is 4.49 Å². The summed E-state index contributed by atoms with van der Waals surface area (Å²) in [7, 11) is 0.807. The molecule has 0 aromatic rings. The van der Waals surface area contributed by atoms with Crippen molar-refractivity contribution in [2.75, 3.05) is 0 Å². The van der Waals surface area contributed by atoms with Crippen LogP contribution in [0.2, 0.25) is 0 Å². The topological polar surface area (TPSA) is 12.0 Å². The van der Waals surface area contributed by atoms with E-state index in [-0.39, 0.29) is 0 Å². The number of hydrogen-bond acceptors (Lipinski definition) is 4. The summed E-state index contributed by atoms with van der Waals surface area (Å²) in [6.07, 6.45) is 0. The molecule has 9 heavy (non-hydrogen) atoms. The predicted molar refractivity (Wildman–Crippen MR) is 59.1 cm³/mol. The molecule has 0 rings (SSSR count). The van der Waals surface area contributed by atoms with Gasteiger partial charge in [0.15, 0.2) is 0 Å². The molecule has 0 aliphatic heterocycles. The van der Waals surface area contributed by atoms with Crippen LogP contribution in [0.25, 0.3) is 0 Å². The first kappa shape index (κ1) is 10.9. The fraction of sp³-hybridized carbons (Fsp3) is 1.00. The number of nitrogens with one attached hydrogen (secondary N) is 1. The molecule has 0 radical (unpaired) electrons.